The normalized spacial score (nSPS) is 11.8. The number of amides is 1. The molecule has 100 valence electrons. The lowest BCUT2D eigenvalue weighted by Gasteiger charge is -2.20. The molecule has 7 nitrogen and oxygen atoms in total. The number of carbonyl (C=O) groups excluding carboxylic acids is 1. The maximum Gasteiger partial charge on any atom is 0.434 e. The van der Waals surface area contributed by atoms with Crippen LogP contribution in [0.25, 0.3) is 0 Å². The predicted molar refractivity (Wildman–Crippen MR) is 53.6 cm³/mol. The van der Waals surface area contributed by atoms with Gasteiger partial charge < -0.3 is 14.8 Å². The first-order valence-corrected chi connectivity index (χ1v) is 4.55. The third-order valence-electron chi connectivity index (χ3n) is 1.70. The van der Waals surface area contributed by atoms with Gasteiger partial charge >= 0.3 is 6.18 Å². The first-order valence-electron chi connectivity index (χ1n) is 4.55. The third kappa shape index (κ3) is 3.12. The van der Waals surface area contributed by atoms with Crippen LogP contribution >= 0.6 is 0 Å². The van der Waals surface area contributed by atoms with Crippen LogP contribution in [0.5, 0.6) is 0 Å². The predicted octanol–water partition coefficient (Wildman–Crippen LogP) is 0.0831. The monoisotopic (exact) mass is 264 g/mol. The van der Waals surface area contributed by atoms with E-state index in [1.165, 1.54) is 19.0 Å². The summed E-state index contributed by atoms with van der Waals surface area (Å²) < 4.78 is 37.6. The lowest BCUT2D eigenvalue weighted by atomic mass is 10.3. The van der Waals surface area contributed by atoms with E-state index in [4.69, 9.17) is 0 Å². The van der Waals surface area contributed by atoms with Crippen LogP contribution in [0.1, 0.15) is 5.69 Å². The molecule has 1 aromatic rings. The Morgan fingerprint density at radius 2 is 2.17 bits per heavy atom. The average Bonchev–Trinajstić information content (AvgIpc) is 2.65. The van der Waals surface area contributed by atoms with Gasteiger partial charge in [0.25, 0.3) is 0 Å². The van der Waals surface area contributed by atoms with Crippen LogP contribution in [-0.2, 0) is 6.18 Å². The molecule has 1 amide bonds. The van der Waals surface area contributed by atoms with E-state index in [1.54, 1.807) is 5.10 Å². The molecular formula is C8H9F3N5O2-. The van der Waals surface area contributed by atoms with Gasteiger partial charge in [0.2, 0.25) is 0 Å². The number of aromatic amines is 1. The number of halogens is 3. The Balaban J connectivity index is 3.16. The van der Waals surface area contributed by atoms with Crippen molar-refractivity contribution >= 4 is 18.1 Å². The molecule has 1 rings (SSSR count). The number of aromatic nitrogens is 2. The number of anilines is 1. The Hall–Kier alpha value is -2.26. The van der Waals surface area contributed by atoms with Crippen molar-refractivity contribution in [1.29, 1.82) is 0 Å². The van der Waals surface area contributed by atoms with Crippen molar-refractivity contribution in [3.63, 3.8) is 0 Å². The van der Waals surface area contributed by atoms with Crippen molar-refractivity contribution in [3.05, 3.63) is 11.9 Å². The standard InChI is InChI=1S/C8H10F3N5O2/c1-15(2)4-13-16(7(17)18)5-3-12-14-6(5)8(9,10)11/h3-4H,1-2H3,(H,12,14)(H,17,18)/p-1. The Morgan fingerprint density at radius 3 is 2.61 bits per heavy atom. The second-order valence-electron chi connectivity index (χ2n) is 3.40. The molecule has 0 aliphatic carbocycles. The van der Waals surface area contributed by atoms with Crippen LogP contribution in [0.2, 0.25) is 0 Å². The third-order valence-corrected chi connectivity index (χ3v) is 1.70. The van der Waals surface area contributed by atoms with Gasteiger partial charge in [0.05, 0.1) is 6.20 Å². The minimum Gasteiger partial charge on any atom is -0.528 e. The number of H-pyrrole nitrogens is 1. The number of carboxylic acid groups (broad SMARTS) is 1. The molecule has 0 saturated carbocycles. The van der Waals surface area contributed by atoms with Crippen LogP contribution in [0, 0.1) is 0 Å². The number of rotatable bonds is 3. The highest BCUT2D eigenvalue weighted by Gasteiger charge is 2.37. The van der Waals surface area contributed by atoms with E-state index in [9.17, 15) is 23.1 Å². The molecule has 1 aromatic heterocycles. The molecule has 18 heavy (non-hydrogen) atoms. The van der Waals surface area contributed by atoms with Crippen molar-refractivity contribution < 1.29 is 23.1 Å². The first-order chi connectivity index (χ1) is 8.23. The number of nitrogens with one attached hydrogen (secondary N) is 1. The fourth-order valence-electron chi connectivity index (χ4n) is 1.01. The number of carbonyl (C=O) groups is 1. The summed E-state index contributed by atoms with van der Waals surface area (Å²) in [7, 11) is 3.05. The summed E-state index contributed by atoms with van der Waals surface area (Å²) in [4.78, 5) is 12.1. The quantitative estimate of drug-likeness (QED) is 0.476. The summed E-state index contributed by atoms with van der Waals surface area (Å²) in [6, 6.07) is 0. The number of hydrogen-bond donors (Lipinski definition) is 1. The lowest BCUT2D eigenvalue weighted by Crippen LogP contribution is -2.39. The van der Waals surface area contributed by atoms with Crippen LogP contribution < -0.4 is 10.1 Å². The van der Waals surface area contributed by atoms with Gasteiger partial charge in [-0.15, -0.1) is 0 Å². The van der Waals surface area contributed by atoms with Crippen molar-refractivity contribution in [3.8, 4) is 0 Å². The van der Waals surface area contributed by atoms with E-state index in [2.05, 4.69) is 10.2 Å². The topological polar surface area (TPSA) is 87.7 Å². The largest absolute Gasteiger partial charge is 0.528 e. The highest BCUT2D eigenvalue weighted by atomic mass is 19.4. The van der Waals surface area contributed by atoms with Gasteiger partial charge in [-0.25, -0.2) is 5.01 Å². The van der Waals surface area contributed by atoms with Crippen LogP contribution in [0.4, 0.5) is 23.7 Å². The molecule has 1 heterocycles. The molecule has 0 atom stereocenters. The highest BCUT2D eigenvalue weighted by Crippen LogP contribution is 2.34. The van der Waals surface area contributed by atoms with Crippen molar-refractivity contribution in [2.75, 3.05) is 19.1 Å². The van der Waals surface area contributed by atoms with Gasteiger partial charge in [0.1, 0.15) is 12.0 Å². The maximum atomic E-state index is 12.5. The zero-order valence-electron chi connectivity index (χ0n) is 9.39. The second kappa shape index (κ2) is 4.94. The Bertz CT molecular complexity index is 454. The fourth-order valence-corrected chi connectivity index (χ4v) is 1.01. The summed E-state index contributed by atoms with van der Waals surface area (Å²) in [6.07, 6.45) is -4.96. The van der Waals surface area contributed by atoms with Gasteiger partial charge in [-0.3, -0.25) is 5.10 Å². The summed E-state index contributed by atoms with van der Waals surface area (Å²) in [6.45, 7) is 0. The number of hydrogen-bond acceptors (Lipinski definition) is 4. The first kappa shape index (κ1) is 13.8. The molecule has 0 unspecified atom stereocenters. The Morgan fingerprint density at radius 1 is 1.56 bits per heavy atom. The SMILES string of the molecule is CN(C)C=NN(C(=O)[O-])c1cn[nH]c1C(F)(F)F. The Labute approximate surface area is 99.5 Å². The minimum absolute atomic E-state index is 0.0757. The van der Waals surface area contributed by atoms with Gasteiger partial charge in [-0.2, -0.15) is 23.4 Å². The number of nitrogens with zero attached hydrogens (tertiary/aromatic N) is 4. The van der Waals surface area contributed by atoms with Gasteiger partial charge in [-0.05, 0) is 0 Å². The van der Waals surface area contributed by atoms with E-state index in [0.29, 0.717) is 6.20 Å². The van der Waals surface area contributed by atoms with Gasteiger partial charge in [-0.1, -0.05) is 0 Å². The Kier molecular flexibility index (Phi) is 3.79. The maximum absolute atomic E-state index is 12.5. The van der Waals surface area contributed by atoms with Crippen LogP contribution in [0.15, 0.2) is 11.3 Å². The van der Waals surface area contributed by atoms with Crippen molar-refractivity contribution in [2.24, 2.45) is 5.10 Å². The molecule has 0 radical (unpaired) electrons. The molecule has 0 aromatic carbocycles. The fraction of sp³-hybridized carbons (Fsp3) is 0.375. The van der Waals surface area contributed by atoms with E-state index >= 15 is 0 Å². The summed E-state index contributed by atoms with van der Waals surface area (Å²) >= 11 is 0. The molecule has 1 N–H and O–H groups in total. The van der Waals surface area contributed by atoms with Gasteiger partial charge in [0.15, 0.2) is 11.8 Å². The molecule has 0 spiro atoms. The van der Waals surface area contributed by atoms with Crippen LogP contribution in [-0.4, -0.2) is 41.6 Å². The molecule has 0 aliphatic rings. The van der Waals surface area contributed by atoms with Crippen LogP contribution in [0.3, 0.4) is 0 Å². The smallest absolute Gasteiger partial charge is 0.434 e. The molecule has 0 saturated heterocycles. The summed E-state index contributed by atoms with van der Waals surface area (Å²) in [5.41, 5.74) is -2.07. The zero-order chi connectivity index (χ0) is 13.9. The second-order valence-corrected chi connectivity index (χ2v) is 3.40. The van der Waals surface area contributed by atoms with E-state index in [-0.39, 0.29) is 5.01 Å². The number of alkyl halides is 3. The molecule has 0 bridgehead atoms. The summed E-state index contributed by atoms with van der Waals surface area (Å²) in [5.74, 6) is 0. The van der Waals surface area contributed by atoms with Crippen molar-refractivity contribution in [1.82, 2.24) is 15.1 Å². The molecule has 0 fully saturated rings. The molecule has 0 aliphatic heterocycles. The highest BCUT2D eigenvalue weighted by molar-refractivity contribution is 5.85. The van der Waals surface area contributed by atoms with E-state index in [0.717, 1.165) is 6.34 Å². The van der Waals surface area contributed by atoms with Crippen molar-refractivity contribution in [2.45, 2.75) is 6.18 Å². The minimum atomic E-state index is -4.77. The zero-order valence-corrected chi connectivity index (χ0v) is 9.39. The lowest BCUT2D eigenvalue weighted by molar-refractivity contribution is -0.246. The van der Waals surface area contributed by atoms with E-state index in [1.807, 2.05) is 0 Å². The van der Waals surface area contributed by atoms with Gasteiger partial charge in [0, 0.05) is 14.1 Å². The van der Waals surface area contributed by atoms with E-state index < -0.39 is 23.7 Å². The molecule has 10 heteroatoms. The molecular weight excluding hydrogens is 255 g/mol. The summed E-state index contributed by atoms with van der Waals surface area (Å²) in [5, 5.41) is 19.0. The number of hydrazone groups is 1. The average molecular weight is 264 g/mol.